The fourth-order valence-electron chi connectivity index (χ4n) is 2.63. The highest BCUT2D eigenvalue weighted by molar-refractivity contribution is 7.99. The number of hydrogen-bond donors (Lipinski definition) is 1. The maximum Gasteiger partial charge on any atom is 0.304 e. The fourth-order valence-corrected chi connectivity index (χ4v) is 3.90. The molecular formula is C11H19NO2S. The van der Waals surface area contributed by atoms with Crippen molar-refractivity contribution in [2.45, 2.75) is 31.7 Å². The largest absolute Gasteiger partial charge is 0.481 e. The lowest BCUT2D eigenvalue weighted by Crippen LogP contribution is -2.35. The maximum atomic E-state index is 10.7. The molecule has 2 rings (SSSR count). The zero-order valence-electron chi connectivity index (χ0n) is 9.02. The first-order valence-corrected chi connectivity index (χ1v) is 6.95. The van der Waals surface area contributed by atoms with Crippen LogP contribution in [0, 0.1) is 5.92 Å². The maximum absolute atomic E-state index is 10.7. The van der Waals surface area contributed by atoms with E-state index in [1.54, 1.807) is 0 Å². The van der Waals surface area contributed by atoms with Gasteiger partial charge in [-0.25, -0.2) is 0 Å². The normalized spacial score (nSPS) is 32.3. The van der Waals surface area contributed by atoms with Crippen molar-refractivity contribution in [3.05, 3.63) is 0 Å². The number of likely N-dealkylation sites (tertiary alicyclic amines) is 1. The Balaban J connectivity index is 1.81. The molecule has 1 N–H and O–H groups in total. The van der Waals surface area contributed by atoms with Crippen LogP contribution in [0.5, 0.6) is 0 Å². The summed E-state index contributed by atoms with van der Waals surface area (Å²) >= 11 is 2.04. The minimum absolute atomic E-state index is 0.313. The van der Waals surface area contributed by atoms with Crippen LogP contribution >= 0.6 is 11.8 Å². The Bertz CT molecular complexity index is 229. The Hall–Kier alpha value is -0.220. The number of hydrogen-bond acceptors (Lipinski definition) is 3. The predicted molar refractivity (Wildman–Crippen MR) is 62.3 cm³/mol. The van der Waals surface area contributed by atoms with Crippen molar-refractivity contribution in [2.24, 2.45) is 5.92 Å². The third-order valence-corrected chi connectivity index (χ3v) is 4.66. The Morgan fingerprint density at radius 3 is 3.00 bits per heavy atom. The van der Waals surface area contributed by atoms with Crippen LogP contribution < -0.4 is 0 Å². The van der Waals surface area contributed by atoms with E-state index in [1.165, 1.54) is 24.3 Å². The Morgan fingerprint density at radius 2 is 2.33 bits per heavy atom. The summed E-state index contributed by atoms with van der Waals surface area (Å²) in [5.74, 6) is 2.73. The van der Waals surface area contributed by atoms with Gasteiger partial charge in [-0.05, 0) is 43.2 Å². The van der Waals surface area contributed by atoms with E-state index in [9.17, 15) is 4.79 Å². The second kappa shape index (κ2) is 5.21. The van der Waals surface area contributed by atoms with Crippen molar-refractivity contribution < 1.29 is 9.90 Å². The van der Waals surface area contributed by atoms with Crippen LogP contribution in [-0.2, 0) is 4.79 Å². The summed E-state index contributed by atoms with van der Waals surface area (Å²) in [6.45, 7) is 2.24. The molecule has 0 aromatic rings. The van der Waals surface area contributed by atoms with E-state index in [1.807, 2.05) is 11.8 Å². The highest BCUT2D eigenvalue weighted by Gasteiger charge is 2.29. The fraction of sp³-hybridized carbons (Fsp3) is 0.909. The molecule has 0 radical (unpaired) electrons. The highest BCUT2D eigenvalue weighted by Crippen LogP contribution is 2.28. The molecule has 2 aliphatic rings. The minimum atomic E-state index is -0.646. The summed E-state index contributed by atoms with van der Waals surface area (Å²) in [6, 6.07) is 0.313. The van der Waals surface area contributed by atoms with Gasteiger partial charge in [0.2, 0.25) is 0 Å². The van der Waals surface area contributed by atoms with E-state index in [-0.39, 0.29) is 0 Å². The lowest BCUT2D eigenvalue weighted by molar-refractivity contribution is -0.138. The molecule has 2 heterocycles. The van der Waals surface area contributed by atoms with Crippen LogP contribution in [0.2, 0.25) is 0 Å². The zero-order chi connectivity index (χ0) is 10.7. The van der Waals surface area contributed by atoms with E-state index in [2.05, 4.69) is 4.90 Å². The number of carboxylic acid groups (broad SMARTS) is 1. The van der Waals surface area contributed by atoms with Crippen LogP contribution in [-0.4, -0.2) is 46.6 Å². The van der Waals surface area contributed by atoms with Gasteiger partial charge in [0.25, 0.3) is 0 Å². The Labute approximate surface area is 95.2 Å². The molecule has 4 heteroatoms. The second-order valence-corrected chi connectivity index (χ2v) is 5.77. The first kappa shape index (κ1) is 11.3. The molecule has 0 aromatic heterocycles. The van der Waals surface area contributed by atoms with Gasteiger partial charge in [0.15, 0.2) is 0 Å². The predicted octanol–water partition coefficient (Wildman–Crippen LogP) is 1.68. The molecule has 2 saturated heterocycles. The molecule has 0 spiro atoms. The molecule has 86 valence electrons. The minimum Gasteiger partial charge on any atom is -0.481 e. The van der Waals surface area contributed by atoms with E-state index in [0.29, 0.717) is 12.5 Å². The van der Waals surface area contributed by atoms with Crippen LogP contribution in [0.3, 0.4) is 0 Å². The van der Waals surface area contributed by atoms with Crippen molar-refractivity contribution in [3.63, 3.8) is 0 Å². The molecule has 0 saturated carbocycles. The SMILES string of the molecule is O=C(O)CC1CCCN1CC1CCSC1. The molecular weight excluding hydrogens is 210 g/mol. The van der Waals surface area contributed by atoms with Crippen molar-refractivity contribution in [1.82, 2.24) is 4.90 Å². The molecule has 2 unspecified atom stereocenters. The first-order chi connectivity index (χ1) is 7.25. The van der Waals surface area contributed by atoms with E-state index < -0.39 is 5.97 Å². The lowest BCUT2D eigenvalue weighted by Gasteiger charge is -2.25. The average Bonchev–Trinajstić information content (AvgIpc) is 2.78. The third kappa shape index (κ3) is 3.11. The molecule has 15 heavy (non-hydrogen) atoms. The summed E-state index contributed by atoms with van der Waals surface area (Å²) in [5.41, 5.74) is 0. The van der Waals surface area contributed by atoms with Gasteiger partial charge in [-0.15, -0.1) is 0 Å². The van der Waals surface area contributed by atoms with Gasteiger partial charge >= 0.3 is 5.97 Å². The lowest BCUT2D eigenvalue weighted by atomic mass is 10.1. The van der Waals surface area contributed by atoms with Crippen LogP contribution in [0.4, 0.5) is 0 Å². The second-order valence-electron chi connectivity index (χ2n) is 4.62. The first-order valence-electron chi connectivity index (χ1n) is 5.79. The van der Waals surface area contributed by atoms with Gasteiger partial charge < -0.3 is 5.11 Å². The van der Waals surface area contributed by atoms with Gasteiger partial charge in [0, 0.05) is 12.6 Å². The summed E-state index contributed by atoms with van der Waals surface area (Å²) in [6.07, 6.45) is 3.91. The number of carboxylic acids is 1. The summed E-state index contributed by atoms with van der Waals surface area (Å²) in [4.78, 5) is 13.1. The van der Waals surface area contributed by atoms with Crippen LogP contribution in [0.1, 0.15) is 25.7 Å². The Kier molecular flexibility index (Phi) is 3.92. The van der Waals surface area contributed by atoms with Crippen molar-refractivity contribution in [1.29, 1.82) is 0 Å². The van der Waals surface area contributed by atoms with Gasteiger partial charge in [-0.1, -0.05) is 0 Å². The molecule has 0 aromatic carbocycles. The standard InChI is InChI=1S/C11H19NO2S/c13-11(14)6-10-2-1-4-12(10)7-9-3-5-15-8-9/h9-10H,1-8H2,(H,13,14). The number of aliphatic carboxylic acids is 1. The molecule has 2 atom stereocenters. The van der Waals surface area contributed by atoms with Gasteiger partial charge in [-0.3, -0.25) is 9.69 Å². The van der Waals surface area contributed by atoms with E-state index >= 15 is 0 Å². The topological polar surface area (TPSA) is 40.5 Å². The smallest absolute Gasteiger partial charge is 0.304 e. The van der Waals surface area contributed by atoms with Gasteiger partial charge in [-0.2, -0.15) is 11.8 Å². The molecule has 0 bridgehead atoms. The number of nitrogens with zero attached hydrogens (tertiary/aromatic N) is 1. The third-order valence-electron chi connectivity index (χ3n) is 3.43. The Morgan fingerprint density at radius 1 is 1.47 bits per heavy atom. The summed E-state index contributed by atoms with van der Waals surface area (Å²) in [7, 11) is 0. The average molecular weight is 229 g/mol. The van der Waals surface area contributed by atoms with E-state index in [0.717, 1.165) is 25.4 Å². The van der Waals surface area contributed by atoms with Gasteiger partial charge in [0.1, 0.15) is 0 Å². The number of thioether (sulfide) groups is 1. The number of carbonyl (C=O) groups is 1. The molecule has 2 fully saturated rings. The van der Waals surface area contributed by atoms with Crippen molar-refractivity contribution >= 4 is 17.7 Å². The molecule has 0 aliphatic carbocycles. The molecule has 0 amide bonds. The molecule has 3 nitrogen and oxygen atoms in total. The van der Waals surface area contributed by atoms with Crippen molar-refractivity contribution in [3.8, 4) is 0 Å². The highest BCUT2D eigenvalue weighted by atomic mass is 32.2. The molecule has 2 aliphatic heterocycles. The zero-order valence-corrected chi connectivity index (χ0v) is 9.84. The van der Waals surface area contributed by atoms with E-state index in [4.69, 9.17) is 5.11 Å². The summed E-state index contributed by atoms with van der Waals surface area (Å²) < 4.78 is 0. The van der Waals surface area contributed by atoms with Crippen LogP contribution in [0.25, 0.3) is 0 Å². The summed E-state index contributed by atoms with van der Waals surface area (Å²) in [5, 5.41) is 8.82. The quantitative estimate of drug-likeness (QED) is 0.796. The number of rotatable bonds is 4. The monoisotopic (exact) mass is 229 g/mol. The van der Waals surface area contributed by atoms with Crippen LogP contribution in [0.15, 0.2) is 0 Å². The van der Waals surface area contributed by atoms with Crippen molar-refractivity contribution in [2.75, 3.05) is 24.6 Å². The van der Waals surface area contributed by atoms with Gasteiger partial charge in [0.05, 0.1) is 6.42 Å².